The number of hydrogen-bond donors (Lipinski definition) is 2. The smallest absolute Gasteiger partial charge is 0.335 e. The molecule has 30 heavy (non-hydrogen) atoms. The van der Waals surface area contributed by atoms with Crippen LogP contribution in [0, 0.1) is 22.7 Å². The standard InChI is InChI=1S/C24H30O6/c1-21-7-5-16-17(6-9-23(28)11-15(26)4-8-22(16,23)13-25)24(21)19(30-24)10-18(21)14-2-3-20(27)29-12-14/h2-3,12-13,15-19,26,28H,4-11H2,1H3/t15?,16?,17-,18?,19?,21?,22?,23?,24?/m1/s1. The second kappa shape index (κ2) is 5.84. The van der Waals surface area contributed by atoms with Gasteiger partial charge in [0.2, 0.25) is 0 Å². The molecule has 4 saturated carbocycles. The van der Waals surface area contributed by atoms with E-state index in [0.29, 0.717) is 25.7 Å². The van der Waals surface area contributed by atoms with Crippen LogP contribution < -0.4 is 5.63 Å². The lowest BCUT2D eigenvalue weighted by molar-refractivity contribution is -0.218. The van der Waals surface area contributed by atoms with Crippen molar-refractivity contribution in [3.8, 4) is 0 Å². The summed E-state index contributed by atoms with van der Waals surface area (Å²) in [5, 5.41) is 21.8. The van der Waals surface area contributed by atoms with Gasteiger partial charge in [-0.2, -0.15) is 0 Å². The molecule has 1 aromatic rings. The molecular weight excluding hydrogens is 384 g/mol. The minimum Gasteiger partial charge on any atom is -0.431 e. The summed E-state index contributed by atoms with van der Waals surface area (Å²) in [6, 6.07) is 3.39. The molecule has 2 N–H and O–H groups in total. The lowest BCUT2D eigenvalue weighted by Crippen LogP contribution is -2.66. The zero-order valence-corrected chi connectivity index (χ0v) is 17.4. The molecule has 4 aliphatic carbocycles. The Morgan fingerprint density at radius 2 is 1.93 bits per heavy atom. The van der Waals surface area contributed by atoms with E-state index in [2.05, 4.69) is 6.92 Å². The zero-order chi connectivity index (χ0) is 20.9. The molecule has 6 nitrogen and oxygen atoms in total. The first-order chi connectivity index (χ1) is 14.3. The van der Waals surface area contributed by atoms with Crippen LogP contribution in [-0.4, -0.2) is 39.9 Å². The van der Waals surface area contributed by atoms with Gasteiger partial charge in [-0.3, -0.25) is 0 Å². The van der Waals surface area contributed by atoms with Gasteiger partial charge < -0.3 is 24.2 Å². The average molecular weight is 414 g/mol. The van der Waals surface area contributed by atoms with Crippen molar-refractivity contribution in [2.24, 2.45) is 22.7 Å². The van der Waals surface area contributed by atoms with E-state index >= 15 is 0 Å². The fourth-order valence-corrected chi connectivity index (χ4v) is 8.69. The summed E-state index contributed by atoms with van der Waals surface area (Å²) < 4.78 is 11.7. The molecule has 5 aliphatic rings. The third-order valence-electron chi connectivity index (χ3n) is 10.1. The van der Waals surface area contributed by atoms with E-state index in [0.717, 1.165) is 37.5 Å². The number of epoxide rings is 1. The summed E-state index contributed by atoms with van der Waals surface area (Å²) in [5.41, 5.74) is -1.50. The Morgan fingerprint density at radius 3 is 2.67 bits per heavy atom. The quantitative estimate of drug-likeness (QED) is 0.570. The summed E-state index contributed by atoms with van der Waals surface area (Å²) >= 11 is 0. The Morgan fingerprint density at radius 1 is 1.13 bits per heavy atom. The first-order valence-electron chi connectivity index (χ1n) is 11.4. The van der Waals surface area contributed by atoms with Crippen LogP contribution in [0.15, 0.2) is 27.6 Å². The Kier molecular flexibility index (Phi) is 3.74. The highest BCUT2D eigenvalue weighted by atomic mass is 16.6. The maximum Gasteiger partial charge on any atom is 0.335 e. The van der Waals surface area contributed by atoms with Crippen molar-refractivity contribution < 1.29 is 24.2 Å². The SMILES string of the molecule is CC12CCC3[C@@H](CCC4(O)CC(O)CCC34C=O)C13OC3CC2c1ccc(=O)oc1. The van der Waals surface area contributed by atoms with Crippen LogP contribution in [0.2, 0.25) is 0 Å². The van der Waals surface area contributed by atoms with E-state index in [1.807, 2.05) is 6.07 Å². The minimum atomic E-state index is -1.11. The van der Waals surface area contributed by atoms with Crippen molar-refractivity contribution in [2.45, 2.75) is 87.6 Å². The summed E-state index contributed by atoms with van der Waals surface area (Å²) in [7, 11) is 0. The molecule has 6 rings (SSSR count). The van der Waals surface area contributed by atoms with E-state index in [-0.39, 0.29) is 40.5 Å². The molecule has 8 unspecified atom stereocenters. The van der Waals surface area contributed by atoms with Crippen LogP contribution >= 0.6 is 0 Å². The topological polar surface area (TPSA) is 100 Å². The largest absolute Gasteiger partial charge is 0.431 e. The van der Waals surface area contributed by atoms with Crippen molar-refractivity contribution in [1.82, 2.24) is 0 Å². The number of carbonyl (C=O) groups excluding carboxylic acids is 1. The lowest BCUT2D eigenvalue weighted by Gasteiger charge is -2.62. The normalized spacial score (nSPS) is 53.8. The molecule has 1 aromatic heterocycles. The fourth-order valence-electron chi connectivity index (χ4n) is 8.69. The Labute approximate surface area is 175 Å². The molecule has 1 spiro atoms. The van der Waals surface area contributed by atoms with Crippen molar-refractivity contribution in [3.05, 3.63) is 34.4 Å². The first kappa shape index (κ1) is 19.2. The molecule has 1 aliphatic heterocycles. The maximum absolute atomic E-state index is 12.6. The van der Waals surface area contributed by atoms with Gasteiger partial charge in [0.05, 0.1) is 29.5 Å². The predicted molar refractivity (Wildman–Crippen MR) is 107 cm³/mol. The molecule has 5 fully saturated rings. The van der Waals surface area contributed by atoms with Crippen LogP contribution in [-0.2, 0) is 9.53 Å². The summed E-state index contributed by atoms with van der Waals surface area (Å²) in [6.45, 7) is 2.31. The number of rotatable bonds is 2. The van der Waals surface area contributed by atoms with E-state index < -0.39 is 17.1 Å². The lowest BCUT2D eigenvalue weighted by atomic mass is 9.42. The number of fused-ring (bicyclic) bond motifs is 3. The van der Waals surface area contributed by atoms with Crippen molar-refractivity contribution >= 4 is 6.29 Å². The summed E-state index contributed by atoms with van der Waals surface area (Å²) in [5.74, 6) is 0.595. The molecule has 9 atom stereocenters. The van der Waals surface area contributed by atoms with Gasteiger partial charge >= 0.3 is 5.63 Å². The number of aliphatic hydroxyl groups excluding tert-OH is 1. The van der Waals surface area contributed by atoms with E-state index in [1.165, 1.54) is 6.07 Å². The van der Waals surface area contributed by atoms with Crippen LogP contribution in [0.3, 0.4) is 0 Å². The van der Waals surface area contributed by atoms with Gasteiger partial charge in [-0.25, -0.2) is 4.79 Å². The number of carbonyl (C=O) groups is 1. The average Bonchev–Trinajstić information content (AvgIpc) is 3.38. The van der Waals surface area contributed by atoms with Crippen LogP contribution in [0.4, 0.5) is 0 Å². The van der Waals surface area contributed by atoms with Gasteiger partial charge in [-0.1, -0.05) is 6.92 Å². The van der Waals surface area contributed by atoms with Gasteiger partial charge in [0.25, 0.3) is 0 Å². The van der Waals surface area contributed by atoms with Gasteiger partial charge in [0.1, 0.15) is 11.9 Å². The van der Waals surface area contributed by atoms with Gasteiger partial charge in [0, 0.05) is 17.9 Å². The van der Waals surface area contributed by atoms with Crippen molar-refractivity contribution in [2.75, 3.05) is 0 Å². The van der Waals surface area contributed by atoms with E-state index in [4.69, 9.17) is 9.15 Å². The summed E-state index contributed by atoms with van der Waals surface area (Å²) in [6.07, 6.45) is 7.78. The van der Waals surface area contributed by atoms with Gasteiger partial charge in [0.15, 0.2) is 0 Å². The van der Waals surface area contributed by atoms with Gasteiger partial charge in [-0.05, 0) is 74.3 Å². The van der Waals surface area contributed by atoms with E-state index in [9.17, 15) is 19.8 Å². The molecule has 0 radical (unpaired) electrons. The number of ether oxygens (including phenoxy) is 1. The van der Waals surface area contributed by atoms with Crippen LogP contribution in [0.1, 0.15) is 69.8 Å². The Hall–Kier alpha value is -1.50. The third-order valence-corrected chi connectivity index (χ3v) is 10.1. The number of aliphatic hydroxyl groups is 2. The molecule has 0 amide bonds. The van der Waals surface area contributed by atoms with Crippen LogP contribution in [0.5, 0.6) is 0 Å². The highest BCUT2D eigenvalue weighted by Gasteiger charge is 2.81. The molecule has 6 heteroatoms. The van der Waals surface area contributed by atoms with Gasteiger partial charge in [-0.15, -0.1) is 0 Å². The van der Waals surface area contributed by atoms with E-state index in [1.54, 1.807) is 6.26 Å². The summed E-state index contributed by atoms with van der Waals surface area (Å²) in [4.78, 5) is 24.0. The molecule has 0 bridgehead atoms. The number of hydrogen-bond acceptors (Lipinski definition) is 6. The fraction of sp³-hybridized carbons (Fsp3) is 0.750. The van der Waals surface area contributed by atoms with Crippen molar-refractivity contribution in [3.63, 3.8) is 0 Å². The molecule has 0 aromatic carbocycles. The zero-order valence-electron chi connectivity index (χ0n) is 17.4. The van der Waals surface area contributed by atoms with Crippen molar-refractivity contribution in [1.29, 1.82) is 0 Å². The highest BCUT2D eigenvalue weighted by Crippen LogP contribution is 2.78. The third kappa shape index (κ3) is 2.06. The Bertz CT molecular complexity index is 937. The second-order valence-electron chi connectivity index (χ2n) is 10.9. The first-order valence-corrected chi connectivity index (χ1v) is 11.4. The molecule has 162 valence electrons. The minimum absolute atomic E-state index is 0.0769. The number of aldehydes is 1. The maximum atomic E-state index is 12.6. The van der Waals surface area contributed by atoms with Crippen LogP contribution in [0.25, 0.3) is 0 Å². The highest BCUT2D eigenvalue weighted by molar-refractivity contribution is 5.64. The second-order valence-corrected chi connectivity index (χ2v) is 10.9. The molecule has 1 saturated heterocycles. The predicted octanol–water partition coefficient (Wildman–Crippen LogP) is 2.55. The molecule has 2 heterocycles. The Balaban J connectivity index is 1.39. The monoisotopic (exact) mass is 414 g/mol. The molecular formula is C24H30O6.